The van der Waals surface area contributed by atoms with Crippen LogP contribution in [0.2, 0.25) is 0 Å². The smallest absolute Gasteiger partial charge is 0.256 e. The molecule has 33 heavy (non-hydrogen) atoms. The summed E-state index contributed by atoms with van der Waals surface area (Å²) in [6, 6.07) is 30.7. The predicted molar refractivity (Wildman–Crippen MR) is 126 cm³/mol. The highest BCUT2D eigenvalue weighted by Crippen LogP contribution is 2.31. The van der Waals surface area contributed by atoms with Crippen molar-refractivity contribution in [1.82, 2.24) is 3.71 Å². The fourth-order valence-corrected chi connectivity index (χ4v) is 6.85. The lowest BCUT2D eigenvalue weighted by atomic mass is 10.2. The highest BCUT2D eigenvalue weighted by Gasteiger charge is 2.37. The van der Waals surface area contributed by atoms with Gasteiger partial charge in [-0.2, -0.15) is 0 Å². The molecule has 0 saturated heterocycles. The van der Waals surface area contributed by atoms with Gasteiger partial charge in [0.25, 0.3) is 20.0 Å². The summed E-state index contributed by atoms with van der Waals surface area (Å²) in [5, 5.41) is 0. The number of para-hydroxylation sites is 2. The highest BCUT2D eigenvalue weighted by molar-refractivity contribution is 8.04. The number of rotatable bonds is 8. The van der Waals surface area contributed by atoms with Gasteiger partial charge in [0.2, 0.25) is 0 Å². The minimum atomic E-state index is -4.40. The Bertz CT molecular complexity index is 1350. The summed E-state index contributed by atoms with van der Waals surface area (Å²) < 4.78 is 60.6. The Hall–Kier alpha value is -3.46. The molecule has 0 unspecified atom stereocenters. The van der Waals surface area contributed by atoms with Gasteiger partial charge in [0.1, 0.15) is 11.5 Å². The van der Waals surface area contributed by atoms with Crippen molar-refractivity contribution >= 4 is 20.0 Å². The van der Waals surface area contributed by atoms with Crippen molar-refractivity contribution in [3.05, 3.63) is 121 Å². The van der Waals surface area contributed by atoms with Gasteiger partial charge in [-0.05, 0) is 42.5 Å². The van der Waals surface area contributed by atoms with Crippen LogP contribution >= 0.6 is 0 Å². The van der Waals surface area contributed by atoms with Crippen LogP contribution in [0, 0.1) is 0 Å². The van der Waals surface area contributed by atoms with Crippen LogP contribution in [0.15, 0.2) is 125 Å². The van der Waals surface area contributed by atoms with E-state index in [2.05, 4.69) is 0 Å². The molecule has 8 heteroatoms. The third-order valence-electron chi connectivity index (χ3n) is 4.86. The quantitative estimate of drug-likeness (QED) is 0.353. The Morgan fingerprint density at radius 3 is 1.48 bits per heavy atom. The second kappa shape index (κ2) is 9.58. The van der Waals surface area contributed by atoms with Crippen molar-refractivity contribution in [2.75, 3.05) is 0 Å². The van der Waals surface area contributed by atoms with Crippen molar-refractivity contribution < 1.29 is 21.6 Å². The van der Waals surface area contributed by atoms with E-state index in [-0.39, 0.29) is 9.79 Å². The third-order valence-corrected chi connectivity index (χ3v) is 9.11. The molecule has 0 aromatic heterocycles. The first-order chi connectivity index (χ1) is 15.9. The molecule has 0 fully saturated rings. The van der Waals surface area contributed by atoms with Crippen LogP contribution in [0.25, 0.3) is 0 Å². The molecule has 0 aliphatic heterocycles. The fourth-order valence-electron chi connectivity index (χ4n) is 3.21. The Labute approximate surface area is 193 Å². The first kappa shape index (κ1) is 22.7. The van der Waals surface area contributed by atoms with Crippen LogP contribution in [-0.4, -0.2) is 20.5 Å². The molecule has 0 bridgehead atoms. The summed E-state index contributed by atoms with van der Waals surface area (Å²) in [4.78, 5) is -0.239. The topological polar surface area (TPSA) is 80.8 Å². The predicted octanol–water partition coefficient (Wildman–Crippen LogP) is 5.06. The van der Waals surface area contributed by atoms with E-state index in [1.165, 1.54) is 24.3 Å². The molecule has 0 aliphatic carbocycles. The average molecular weight is 480 g/mol. The number of hydrogen-bond acceptors (Lipinski definition) is 5. The molecule has 0 heterocycles. The second-order valence-corrected chi connectivity index (χ2v) is 11.0. The maximum atomic E-state index is 13.5. The minimum absolute atomic E-state index is 0.119. The van der Waals surface area contributed by atoms with Crippen LogP contribution < -0.4 is 4.74 Å². The monoisotopic (exact) mass is 479 g/mol. The Balaban J connectivity index is 1.81. The Morgan fingerprint density at radius 2 is 0.970 bits per heavy atom. The molecule has 0 saturated carbocycles. The fraction of sp³-hybridized carbons (Fsp3) is 0.0400. The van der Waals surface area contributed by atoms with Crippen LogP contribution in [0.1, 0.15) is 5.56 Å². The highest BCUT2D eigenvalue weighted by atomic mass is 32.3. The molecule has 0 amide bonds. The van der Waals surface area contributed by atoms with Gasteiger partial charge in [-0.3, -0.25) is 0 Å². The van der Waals surface area contributed by atoms with Crippen molar-refractivity contribution in [3.63, 3.8) is 0 Å². The van der Waals surface area contributed by atoms with Crippen molar-refractivity contribution in [2.24, 2.45) is 0 Å². The van der Waals surface area contributed by atoms with E-state index in [0.29, 0.717) is 20.8 Å². The molecule has 4 aromatic carbocycles. The number of hydrogen-bond donors (Lipinski definition) is 0. The van der Waals surface area contributed by atoms with Gasteiger partial charge in [0.15, 0.2) is 0 Å². The summed E-state index contributed by atoms with van der Waals surface area (Å²) in [5.74, 6) is 0.911. The summed E-state index contributed by atoms with van der Waals surface area (Å²) in [7, 11) is -8.81. The molecule has 4 rings (SSSR count). The van der Waals surface area contributed by atoms with Gasteiger partial charge in [0.05, 0.1) is 16.3 Å². The summed E-state index contributed by atoms with van der Waals surface area (Å²) in [6.45, 7) is -0.433. The van der Waals surface area contributed by atoms with Gasteiger partial charge in [-0.15, -0.1) is 0 Å². The maximum Gasteiger partial charge on any atom is 0.256 e. The van der Waals surface area contributed by atoms with Crippen molar-refractivity contribution in [2.45, 2.75) is 16.3 Å². The second-order valence-electron chi connectivity index (χ2n) is 7.09. The van der Waals surface area contributed by atoms with E-state index >= 15 is 0 Å². The van der Waals surface area contributed by atoms with Crippen LogP contribution in [0.4, 0.5) is 0 Å². The molecule has 4 aromatic rings. The van der Waals surface area contributed by atoms with Gasteiger partial charge < -0.3 is 4.74 Å². The summed E-state index contributed by atoms with van der Waals surface area (Å²) in [5.41, 5.74) is 0.403. The number of sulfonamides is 2. The Morgan fingerprint density at radius 1 is 0.545 bits per heavy atom. The molecule has 6 nitrogen and oxygen atoms in total. The zero-order chi connectivity index (χ0) is 23.3. The maximum absolute atomic E-state index is 13.5. The molecule has 0 atom stereocenters. The van der Waals surface area contributed by atoms with Crippen LogP contribution in [0.5, 0.6) is 11.5 Å². The van der Waals surface area contributed by atoms with E-state index in [4.69, 9.17) is 4.74 Å². The van der Waals surface area contributed by atoms with Gasteiger partial charge in [-0.25, -0.2) is 16.8 Å². The lowest BCUT2D eigenvalue weighted by Gasteiger charge is -2.23. The van der Waals surface area contributed by atoms with E-state index in [0.717, 1.165) is 0 Å². The zero-order valence-corrected chi connectivity index (χ0v) is 19.1. The van der Waals surface area contributed by atoms with Gasteiger partial charge >= 0.3 is 0 Å². The van der Waals surface area contributed by atoms with Crippen molar-refractivity contribution in [3.8, 4) is 11.5 Å². The minimum Gasteiger partial charge on any atom is -0.457 e. The lowest BCUT2D eigenvalue weighted by molar-refractivity contribution is 0.460. The average Bonchev–Trinajstić information content (AvgIpc) is 2.85. The Kier molecular flexibility index (Phi) is 6.60. The number of nitrogens with zero attached hydrogens (tertiary/aromatic N) is 1. The van der Waals surface area contributed by atoms with Crippen molar-refractivity contribution in [1.29, 1.82) is 0 Å². The summed E-state index contributed by atoms with van der Waals surface area (Å²) in [6.07, 6.45) is 0. The first-order valence-corrected chi connectivity index (χ1v) is 13.0. The van der Waals surface area contributed by atoms with E-state index < -0.39 is 26.6 Å². The summed E-state index contributed by atoms with van der Waals surface area (Å²) >= 11 is 0. The third kappa shape index (κ3) is 4.98. The zero-order valence-electron chi connectivity index (χ0n) is 17.5. The molecule has 0 N–H and O–H groups in total. The molecule has 168 valence electrons. The lowest BCUT2D eigenvalue weighted by Crippen LogP contribution is -2.36. The van der Waals surface area contributed by atoms with E-state index in [1.807, 2.05) is 18.2 Å². The largest absolute Gasteiger partial charge is 0.457 e. The molecular weight excluding hydrogens is 458 g/mol. The standard InChI is InChI=1S/C25H21NO5S2/c27-32(28,23-15-6-2-7-16-23)26(33(29,30)24-17-8-3-9-18-24)20-21-12-10-11-19-25(21)31-22-13-4-1-5-14-22/h1-19H,20H2. The SMILES string of the molecule is O=S(=O)(c1ccccc1)N(Cc1ccccc1Oc1ccccc1)S(=O)(=O)c1ccccc1. The molecular formula is C25H21NO5S2. The normalized spacial score (nSPS) is 11.9. The van der Waals surface area contributed by atoms with Crippen LogP contribution in [-0.2, 0) is 26.6 Å². The number of ether oxygens (including phenoxy) is 1. The van der Waals surface area contributed by atoms with Gasteiger partial charge in [-0.1, -0.05) is 76.5 Å². The molecule has 0 radical (unpaired) electrons. The van der Waals surface area contributed by atoms with Crippen LogP contribution in [0.3, 0.4) is 0 Å². The first-order valence-electron chi connectivity index (χ1n) is 10.1. The number of benzene rings is 4. The molecule has 0 aliphatic rings. The molecule has 0 spiro atoms. The van der Waals surface area contributed by atoms with E-state index in [1.54, 1.807) is 72.8 Å². The van der Waals surface area contributed by atoms with E-state index in [9.17, 15) is 16.8 Å². The van der Waals surface area contributed by atoms with Gasteiger partial charge in [0, 0.05) is 5.56 Å².